The summed E-state index contributed by atoms with van der Waals surface area (Å²) in [6.45, 7) is 0.312. The molecular formula is C23H22N2O4S3. The van der Waals surface area contributed by atoms with Crippen molar-refractivity contribution in [3.05, 3.63) is 88.5 Å². The Labute approximate surface area is 195 Å². The average molecular weight is 487 g/mol. The van der Waals surface area contributed by atoms with Crippen molar-refractivity contribution < 1.29 is 17.6 Å². The SMILES string of the molecule is CNS(=O)(=O)Cc1ccc(CNC(=O)c2oc3ccccc3c2CSc2cccs2)cc1. The lowest BCUT2D eigenvalue weighted by Gasteiger charge is -2.07. The Hall–Kier alpha value is -2.59. The maximum absolute atomic E-state index is 13.0. The second-order valence-electron chi connectivity index (χ2n) is 7.09. The van der Waals surface area contributed by atoms with E-state index in [-0.39, 0.29) is 11.7 Å². The number of para-hydroxylation sites is 1. The fourth-order valence-electron chi connectivity index (χ4n) is 3.22. The van der Waals surface area contributed by atoms with Gasteiger partial charge in [-0.1, -0.05) is 48.5 Å². The minimum absolute atomic E-state index is 0.0829. The van der Waals surface area contributed by atoms with Crippen molar-refractivity contribution in [1.82, 2.24) is 10.0 Å². The van der Waals surface area contributed by atoms with Crippen LogP contribution in [0.25, 0.3) is 11.0 Å². The smallest absolute Gasteiger partial charge is 0.287 e. The molecule has 2 aromatic heterocycles. The van der Waals surface area contributed by atoms with E-state index >= 15 is 0 Å². The van der Waals surface area contributed by atoms with Crippen molar-refractivity contribution >= 4 is 50.0 Å². The number of furan rings is 1. The molecular weight excluding hydrogens is 464 g/mol. The van der Waals surface area contributed by atoms with Gasteiger partial charge in [-0.25, -0.2) is 13.1 Å². The summed E-state index contributed by atoms with van der Waals surface area (Å²) in [6, 6.07) is 18.9. The van der Waals surface area contributed by atoms with Crippen LogP contribution in [-0.2, 0) is 28.1 Å². The molecule has 0 spiro atoms. The van der Waals surface area contributed by atoms with Crippen LogP contribution in [0, 0.1) is 0 Å². The quantitative estimate of drug-likeness (QED) is 0.333. The third kappa shape index (κ3) is 5.42. The molecule has 2 aromatic carbocycles. The largest absolute Gasteiger partial charge is 0.451 e. The second kappa shape index (κ2) is 9.91. The molecule has 0 aliphatic rings. The molecule has 1 amide bonds. The number of carbonyl (C=O) groups excluding carboxylic acids is 1. The molecule has 2 N–H and O–H groups in total. The molecule has 0 fully saturated rings. The third-order valence-electron chi connectivity index (χ3n) is 4.90. The van der Waals surface area contributed by atoms with Crippen LogP contribution < -0.4 is 10.0 Å². The highest BCUT2D eigenvalue weighted by Gasteiger charge is 2.20. The summed E-state index contributed by atoms with van der Waals surface area (Å²) in [7, 11) is -1.93. The van der Waals surface area contributed by atoms with Gasteiger partial charge in [0.25, 0.3) is 5.91 Å². The monoisotopic (exact) mass is 486 g/mol. The standard InChI is InChI=1S/C23H22N2O4S3/c1-24-32(27,28)15-17-10-8-16(9-11-17)13-25-23(26)22-19(14-31-21-7-4-12-30-21)18-5-2-3-6-20(18)29-22/h2-12,24H,13-15H2,1H3,(H,25,26). The topological polar surface area (TPSA) is 88.4 Å². The number of fused-ring (bicyclic) bond motifs is 1. The highest BCUT2D eigenvalue weighted by atomic mass is 32.2. The van der Waals surface area contributed by atoms with Crippen LogP contribution in [0.5, 0.6) is 0 Å². The Bertz CT molecular complexity index is 1310. The fourth-order valence-corrected chi connectivity index (χ4v) is 5.81. The number of carbonyl (C=O) groups is 1. The summed E-state index contributed by atoms with van der Waals surface area (Å²) < 4.78 is 32.8. The van der Waals surface area contributed by atoms with E-state index in [2.05, 4.69) is 16.1 Å². The van der Waals surface area contributed by atoms with Crippen molar-refractivity contribution in [2.45, 2.75) is 22.3 Å². The van der Waals surface area contributed by atoms with Crippen LogP contribution >= 0.6 is 23.1 Å². The third-order valence-corrected chi connectivity index (χ3v) is 8.39. The lowest BCUT2D eigenvalue weighted by molar-refractivity contribution is 0.0924. The predicted octanol–water partition coefficient (Wildman–Crippen LogP) is 4.77. The maximum Gasteiger partial charge on any atom is 0.287 e. The van der Waals surface area contributed by atoms with Gasteiger partial charge in [0.05, 0.1) is 9.96 Å². The predicted molar refractivity (Wildman–Crippen MR) is 129 cm³/mol. The Morgan fingerprint density at radius 1 is 1.03 bits per heavy atom. The molecule has 6 nitrogen and oxygen atoms in total. The van der Waals surface area contributed by atoms with Crippen molar-refractivity contribution in [2.75, 3.05) is 7.05 Å². The Balaban J connectivity index is 1.47. The number of benzene rings is 2. The van der Waals surface area contributed by atoms with Crippen molar-refractivity contribution in [3.8, 4) is 0 Å². The molecule has 9 heteroatoms. The molecule has 0 aliphatic carbocycles. The first-order valence-electron chi connectivity index (χ1n) is 9.89. The first kappa shape index (κ1) is 22.6. The molecule has 0 radical (unpaired) electrons. The van der Waals surface area contributed by atoms with Gasteiger partial charge in [0.15, 0.2) is 5.76 Å². The van der Waals surface area contributed by atoms with Crippen LogP contribution in [0.3, 0.4) is 0 Å². The van der Waals surface area contributed by atoms with E-state index in [1.165, 1.54) is 11.3 Å². The number of rotatable bonds is 9. The van der Waals surface area contributed by atoms with Gasteiger partial charge in [0.2, 0.25) is 10.0 Å². The zero-order valence-electron chi connectivity index (χ0n) is 17.3. The molecule has 166 valence electrons. The van der Waals surface area contributed by atoms with Gasteiger partial charge >= 0.3 is 0 Å². The first-order valence-corrected chi connectivity index (χ1v) is 13.4. The fraction of sp³-hybridized carbons (Fsp3) is 0.174. The molecule has 0 atom stereocenters. The van der Waals surface area contributed by atoms with Crippen LogP contribution in [0.15, 0.2) is 74.7 Å². The summed E-state index contributed by atoms with van der Waals surface area (Å²) in [5.41, 5.74) is 3.12. The number of thiophene rings is 1. The van der Waals surface area contributed by atoms with Gasteiger partial charge in [0, 0.05) is 23.2 Å². The van der Waals surface area contributed by atoms with Crippen molar-refractivity contribution in [1.29, 1.82) is 0 Å². The van der Waals surface area contributed by atoms with Crippen LogP contribution in [0.4, 0.5) is 0 Å². The lowest BCUT2D eigenvalue weighted by atomic mass is 10.1. The molecule has 32 heavy (non-hydrogen) atoms. The van der Waals surface area contributed by atoms with E-state index in [0.29, 0.717) is 29.2 Å². The minimum atomic E-state index is -3.32. The minimum Gasteiger partial charge on any atom is -0.451 e. The van der Waals surface area contributed by atoms with E-state index in [4.69, 9.17) is 4.42 Å². The normalized spacial score (nSPS) is 11.7. The van der Waals surface area contributed by atoms with Crippen LogP contribution in [-0.4, -0.2) is 21.4 Å². The van der Waals surface area contributed by atoms with Gasteiger partial charge in [-0.3, -0.25) is 4.79 Å². The highest BCUT2D eigenvalue weighted by Crippen LogP contribution is 2.33. The van der Waals surface area contributed by atoms with E-state index < -0.39 is 10.0 Å². The van der Waals surface area contributed by atoms with E-state index in [0.717, 1.165) is 16.5 Å². The molecule has 2 heterocycles. The van der Waals surface area contributed by atoms with Crippen LogP contribution in [0.1, 0.15) is 27.2 Å². The average Bonchev–Trinajstić information content (AvgIpc) is 3.44. The molecule has 0 saturated heterocycles. The maximum atomic E-state index is 13.0. The molecule has 0 unspecified atom stereocenters. The number of hydrogen-bond acceptors (Lipinski definition) is 6. The molecule has 4 rings (SSSR count). The molecule has 0 aliphatic heterocycles. The highest BCUT2D eigenvalue weighted by molar-refractivity contribution is 8.00. The van der Waals surface area contributed by atoms with E-state index in [9.17, 15) is 13.2 Å². The summed E-state index contributed by atoms with van der Waals surface area (Å²) in [5.74, 6) is 0.603. The van der Waals surface area contributed by atoms with Crippen molar-refractivity contribution in [3.63, 3.8) is 0 Å². The van der Waals surface area contributed by atoms with E-state index in [1.807, 2.05) is 47.8 Å². The summed E-state index contributed by atoms with van der Waals surface area (Å²) in [5, 5.41) is 5.89. The van der Waals surface area contributed by atoms with E-state index in [1.54, 1.807) is 35.2 Å². The number of sulfonamides is 1. The van der Waals surface area contributed by atoms with Gasteiger partial charge in [0.1, 0.15) is 5.58 Å². The lowest BCUT2D eigenvalue weighted by Crippen LogP contribution is -2.23. The number of thioether (sulfide) groups is 1. The number of nitrogens with one attached hydrogen (secondary N) is 2. The number of hydrogen-bond donors (Lipinski definition) is 2. The Kier molecular flexibility index (Phi) is 7.00. The van der Waals surface area contributed by atoms with Crippen LogP contribution in [0.2, 0.25) is 0 Å². The Morgan fingerprint density at radius 2 is 1.78 bits per heavy atom. The number of amides is 1. The second-order valence-corrected chi connectivity index (χ2v) is 11.2. The summed E-state index contributed by atoms with van der Waals surface area (Å²) >= 11 is 3.35. The van der Waals surface area contributed by atoms with Gasteiger partial charge < -0.3 is 9.73 Å². The summed E-state index contributed by atoms with van der Waals surface area (Å²) in [6.07, 6.45) is 0. The molecule has 4 aromatic rings. The zero-order valence-corrected chi connectivity index (χ0v) is 19.8. The first-order chi connectivity index (χ1) is 15.4. The van der Waals surface area contributed by atoms with Gasteiger partial charge in [-0.2, -0.15) is 0 Å². The molecule has 0 bridgehead atoms. The van der Waals surface area contributed by atoms with Gasteiger partial charge in [-0.15, -0.1) is 23.1 Å². The Morgan fingerprint density at radius 3 is 2.50 bits per heavy atom. The van der Waals surface area contributed by atoms with Crippen molar-refractivity contribution in [2.24, 2.45) is 0 Å². The zero-order chi connectivity index (χ0) is 22.6. The van der Waals surface area contributed by atoms with Gasteiger partial charge in [-0.05, 0) is 35.7 Å². The molecule has 0 saturated carbocycles. The summed E-state index contributed by atoms with van der Waals surface area (Å²) in [4.78, 5) is 13.0.